The van der Waals surface area contributed by atoms with Gasteiger partial charge in [-0.1, -0.05) is 26.0 Å². The Bertz CT molecular complexity index is 804. The molecule has 144 valence electrons. The predicted octanol–water partition coefficient (Wildman–Crippen LogP) is 0.535. The maximum atomic E-state index is 12.9. The Morgan fingerprint density at radius 3 is 2.78 bits per heavy atom. The van der Waals surface area contributed by atoms with E-state index in [1.165, 1.54) is 0 Å². The topological polar surface area (TPSA) is 90.5 Å². The second-order valence-electron chi connectivity index (χ2n) is 8.44. The highest BCUT2D eigenvalue weighted by Gasteiger charge is 2.39. The van der Waals surface area contributed by atoms with Gasteiger partial charge in [-0.2, -0.15) is 0 Å². The number of rotatable bonds is 4. The molecule has 0 saturated carbocycles. The fourth-order valence-electron chi connectivity index (χ4n) is 4.24. The van der Waals surface area contributed by atoms with Gasteiger partial charge in [0.1, 0.15) is 6.04 Å². The molecule has 0 aliphatic carbocycles. The first-order valence-electron chi connectivity index (χ1n) is 9.56. The van der Waals surface area contributed by atoms with E-state index in [9.17, 15) is 14.4 Å². The quantitative estimate of drug-likeness (QED) is 0.673. The third-order valence-electron chi connectivity index (χ3n) is 6.02. The molecule has 0 spiro atoms. The van der Waals surface area contributed by atoms with Gasteiger partial charge in [-0.15, -0.1) is 0 Å². The summed E-state index contributed by atoms with van der Waals surface area (Å²) >= 11 is 0. The minimum absolute atomic E-state index is 0.121. The number of benzene rings is 1. The summed E-state index contributed by atoms with van der Waals surface area (Å²) < 4.78 is 0. The van der Waals surface area contributed by atoms with Crippen LogP contribution in [0.1, 0.15) is 48.2 Å². The lowest BCUT2D eigenvalue weighted by molar-refractivity contribution is -0.136. The summed E-state index contributed by atoms with van der Waals surface area (Å²) in [6, 6.07) is 5.79. The number of fused-ring (bicyclic) bond motifs is 1. The van der Waals surface area contributed by atoms with Crippen LogP contribution in [0, 0.1) is 5.41 Å². The molecule has 2 atom stereocenters. The highest BCUT2D eigenvalue weighted by Crippen LogP contribution is 2.29. The van der Waals surface area contributed by atoms with Crippen LogP contribution >= 0.6 is 0 Å². The number of piperidine rings is 1. The summed E-state index contributed by atoms with van der Waals surface area (Å²) in [5.41, 5.74) is 2.88. The molecule has 2 saturated heterocycles. The van der Waals surface area contributed by atoms with Crippen molar-refractivity contribution in [2.24, 2.45) is 5.41 Å². The zero-order valence-electron chi connectivity index (χ0n) is 15.8. The third-order valence-corrected chi connectivity index (χ3v) is 6.02. The largest absolute Gasteiger partial charge is 0.322 e. The van der Waals surface area contributed by atoms with Crippen molar-refractivity contribution in [2.45, 2.75) is 51.9 Å². The van der Waals surface area contributed by atoms with Crippen molar-refractivity contribution in [2.75, 3.05) is 13.1 Å². The lowest BCUT2D eigenvalue weighted by Gasteiger charge is -2.29. The third kappa shape index (κ3) is 3.37. The molecule has 7 heteroatoms. The number of hydrogen-bond donors (Lipinski definition) is 3. The molecule has 3 aliphatic rings. The summed E-state index contributed by atoms with van der Waals surface area (Å²) in [6.45, 7) is 7.56. The van der Waals surface area contributed by atoms with E-state index in [1.807, 2.05) is 18.2 Å². The van der Waals surface area contributed by atoms with Crippen LogP contribution in [0.3, 0.4) is 0 Å². The Morgan fingerprint density at radius 2 is 2.07 bits per heavy atom. The molecule has 3 amide bonds. The van der Waals surface area contributed by atoms with Gasteiger partial charge in [-0.25, -0.2) is 0 Å². The maximum absolute atomic E-state index is 12.9. The van der Waals surface area contributed by atoms with Gasteiger partial charge in [0.25, 0.3) is 5.91 Å². The SMILES string of the molecule is CC1(C)CNCC1NCc1ccc2c(c1)C(=O)N(C1CCC(=O)NC1=O)C2. The van der Waals surface area contributed by atoms with Gasteiger partial charge in [-0.05, 0) is 29.0 Å². The maximum Gasteiger partial charge on any atom is 0.255 e. The van der Waals surface area contributed by atoms with Crippen LogP contribution in [0.4, 0.5) is 0 Å². The average molecular weight is 370 g/mol. The predicted molar refractivity (Wildman–Crippen MR) is 99.8 cm³/mol. The lowest BCUT2D eigenvalue weighted by atomic mass is 9.88. The summed E-state index contributed by atoms with van der Waals surface area (Å²) in [5, 5.41) is 9.34. The molecule has 0 aromatic heterocycles. The number of carbonyl (C=O) groups is 3. The van der Waals surface area contributed by atoms with Gasteiger partial charge in [0.15, 0.2) is 0 Å². The van der Waals surface area contributed by atoms with Gasteiger partial charge >= 0.3 is 0 Å². The van der Waals surface area contributed by atoms with Crippen molar-refractivity contribution < 1.29 is 14.4 Å². The monoisotopic (exact) mass is 370 g/mol. The molecule has 2 unspecified atom stereocenters. The zero-order valence-corrected chi connectivity index (χ0v) is 15.8. The second-order valence-corrected chi connectivity index (χ2v) is 8.44. The Labute approximate surface area is 158 Å². The number of carbonyl (C=O) groups excluding carboxylic acids is 3. The van der Waals surface area contributed by atoms with E-state index in [4.69, 9.17) is 0 Å². The van der Waals surface area contributed by atoms with E-state index in [0.717, 1.165) is 24.2 Å². The minimum Gasteiger partial charge on any atom is -0.322 e. The first kappa shape index (κ1) is 18.1. The van der Waals surface area contributed by atoms with Crippen LogP contribution in [0.15, 0.2) is 18.2 Å². The molecule has 4 rings (SSSR count). The molecular formula is C20H26N4O3. The fourth-order valence-corrected chi connectivity index (χ4v) is 4.24. The first-order valence-corrected chi connectivity index (χ1v) is 9.56. The molecule has 1 aromatic carbocycles. The van der Waals surface area contributed by atoms with Crippen molar-refractivity contribution in [3.63, 3.8) is 0 Å². The fraction of sp³-hybridized carbons (Fsp3) is 0.550. The van der Waals surface area contributed by atoms with Crippen molar-refractivity contribution >= 4 is 17.7 Å². The number of hydrogen-bond acceptors (Lipinski definition) is 5. The number of amides is 3. The van der Waals surface area contributed by atoms with Crippen molar-refractivity contribution in [3.8, 4) is 0 Å². The van der Waals surface area contributed by atoms with Crippen LogP contribution in [0.5, 0.6) is 0 Å². The van der Waals surface area contributed by atoms with Gasteiger partial charge in [0, 0.05) is 44.2 Å². The number of nitrogens with one attached hydrogen (secondary N) is 3. The van der Waals surface area contributed by atoms with E-state index in [1.54, 1.807) is 4.90 Å². The summed E-state index contributed by atoms with van der Waals surface area (Å²) in [5.74, 6) is -0.757. The Balaban J connectivity index is 1.45. The van der Waals surface area contributed by atoms with Crippen LogP contribution in [-0.4, -0.2) is 47.8 Å². The standard InChI is InChI=1S/C20H26N4O3/c1-20(2)11-21-9-16(20)22-8-12-3-4-13-10-24(19(27)14(13)7-12)15-5-6-17(25)23-18(15)26/h3-4,7,15-16,21-22H,5-6,8-11H2,1-2H3,(H,23,25,26). The van der Waals surface area contributed by atoms with Crippen LogP contribution in [0.2, 0.25) is 0 Å². The van der Waals surface area contributed by atoms with Crippen LogP contribution in [-0.2, 0) is 22.7 Å². The van der Waals surface area contributed by atoms with Crippen molar-refractivity contribution in [1.82, 2.24) is 20.9 Å². The van der Waals surface area contributed by atoms with Gasteiger partial charge in [0.05, 0.1) is 0 Å². The molecule has 3 aliphatic heterocycles. The Kier molecular flexibility index (Phi) is 4.52. The Morgan fingerprint density at radius 1 is 1.26 bits per heavy atom. The number of imide groups is 1. The van der Waals surface area contributed by atoms with E-state index < -0.39 is 6.04 Å². The van der Waals surface area contributed by atoms with Crippen molar-refractivity contribution in [3.05, 3.63) is 34.9 Å². The summed E-state index contributed by atoms with van der Waals surface area (Å²) in [6.07, 6.45) is 0.666. The zero-order chi connectivity index (χ0) is 19.2. The second kappa shape index (κ2) is 6.73. The van der Waals surface area contributed by atoms with Gasteiger partial charge < -0.3 is 15.5 Å². The summed E-state index contributed by atoms with van der Waals surface area (Å²) in [4.78, 5) is 37.9. The molecule has 3 heterocycles. The highest BCUT2D eigenvalue weighted by atomic mass is 16.2. The smallest absolute Gasteiger partial charge is 0.255 e. The normalized spacial score (nSPS) is 27.0. The number of nitrogens with zero attached hydrogens (tertiary/aromatic N) is 1. The minimum atomic E-state index is -0.561. The molecule has 7 nitrogen and oxygen atoms in total. The average Bonchev–Trinajstić information content (AvgIpc) is 3.12. The van der Waals surface area contributed by atoms with Crippen LogP contribution in [0.25, 0.3) is 0 Å². The molecule has 0 radical (unpaired) electrons. The molecule has 0 bridgehead atoms. The lowest BCUT2D eigenvalue weighted by Crippen LogP contribution is -2.52. The van der Waals surface area contributed by atoms with E-state index >= 15 is 0 Å². The highest BCUT2D eigenvalue weighted by molar-refractivity contribution is 6.05. The molecule has 1 aromatic rings. The van der Waals surface area contributed by atoms with Gasteiger partial charge in [-0.3, -0.25) is 19.7 Å². The Hall–Kier alpha value is -2.25. The molecule has 2 fully saturated rings. The molecule has 27 heavy (non-hydrogen) atoms. The van der Waals surface area contributed by atoms with Gasteiger partial charge in [0.2, 0.25) is 11.8 Å². The van der Waals surface area contributed by atoms with E-state index in [-0.39, 0.29) is 29.6 Å². The first-order chi connectivity index (χ1) is 12.8. The van der Waals surface area contributed by atoms with E-state index in [0.29, 0.717) is 31.1 Å². The molecular weight excluding hydrogens is 344 g/mol. The van der Waals surface area contributed by atoms with Crippen molar-refractivity contribution in [1.29, 1.82) is 0 Å². The summed E-state index contributed by atoms with van der Waals surface area (Å²) in [7, 11) is 0. The molecule has 3 N–H and O–H groups in total. The van der Waals surface area contributed by atoms with Crippen LogP contribution < -0.4 is 16.0 Å². The van der Waals surface area contributed by atoms with E-state index in [2.05, 4.69) is 29.8 Å².